The highest BCUT2D eigenvalue weighted by Crippen LogP contribution is 2.22. The molecule has 120 valence electrons. The van der Waals surface area contributed by atoms with E-state index in [-0.39, 0.29) is 0 Å². The molecule has 0 aliphatic carbocycles. The number of aliphatic hydroxyl groups is 4. The molecule has 0 aromatic heterocycles. The van der Waals surface area contributed by atoms with Crippen LogP contribution < -0.4 is 0 Å². The van der Waals surface area contributed by atoms with E-state index < -0.39 is 37.3 Å². The molecule has 1 saturated heterocycles. The normalized spacial score (nSPS) is 34.4. The predicted octanol–water partition coefficient (Wildman–Crippen LogP) is 0.163. The summed E-state index contributed by atoms with van der Waals surface area (Å²) in [4.78, 5) is 0. The van der Waals surface area contributed by atoms with Crippen molar-refractivity contribution in [3.8, 4) is 0 Å². The summed E-state index contributed by atoms with van der Waals surface area (Å²) in [6, 6.07) is 0. The molecule has 1 aliphatic rings. The van der Waals surface area contributed by atoms with Crippen LogP contribution in [0.4, 0.5) is 0 Å². The first-order chi connectivity index (χ1) is 9.61. The van der Waals surface area contributed by atoms with E-state index in [2.05, 4.69) is 6.92 Å². The van der Waals surface area contributed by atoms with E-state index in [1.54, 1.807) is 0 Å². The van der Waals surface area contributed by atoms with Crippen LogP contribution in [0, 0.1) is 0 Å². The first-order valence-corrected chi connectivity index (χ1v) is 7.54. The van der Waals surface area contributed by atoms with E-state index in [0.29, 0.717) is 6.61 Å². The van der Waals surface area contributed by atoms with Gasteiger partial charge in [0.2, 0.25) is 0 Å². The van der Waals surface area contributed by atoms with Crippen LogP contribution in [-0.4, -0.2) is 64.3 Å². The average Bonchev–Trinajstić information content (AvgIpc) is 2.46. The first-order valence-electron chi connectivity index (χ1n) is 7.54. The van der Waals surface area contributed by atoms with Crippen LogP contribution in [0.1, 0.15) is 45.4 Å². The lowest BCUT2D eigenvalue weighted by Crippen LogP contribution is -2.59. The average molecular weight is 292 g/mol. The molecule has 1 rings (SSSR count). The number of unbranched alkanes of at least 4 members (excludes halogenated alkanes) is 5. The second-order valence-corrected chi connectivity index (χ2v) is 5.34. The van der Waals surface area contributed by atoms with Crippen molar-refractivity contribution in [2.45, 2.75) is 76.2 Å². The fourth-order valence-electron chi connectivity index (χ4n) is 2.29. The standard InChI is InChI=1S/C14H28O6/c1-2-3-4-5-6-7-8-19-14-13(18)12(17)11(16)10(9-15)20-14/h10-18H,2-9H2,1H3/t10?,11-,12-,13+,14-/m1/s1. The number of hydrogen-bond donors (Lipinski definition) is 4. The van der Waals surface area contributed by atoms with Crippen LogP contribution in [0.25, 0.3) is 0 Å². The first kappa shape index (κ1) is 17.8. The Bertz CT molecular complexity index is 248. The summed E-state index contributed by atoms with van der Waals surface area (Å²) >= 11 is 0. The van der Waals surface area contributed by atoms with Crippen LogP contribution in [0.5, 0.6) is 0 Å². The summed E-state index contributed by atoms with van der Waals surface area (Å²) in [5, 5.41) is 38.0. The zero-order chi connectivity index (χ0) is 15.0. The molecule has 0 saturated carbocycles. The SMILES string of the molecule is CCCCCCCCO[C@@H]1OC(CO)[C@@H](O)[C@@H](O)[C@@H]1O. The van der Waals surface area contributed by atoms with Gasteiger partial charge in [-0.15, -0.1) is 0 Å². The summed E-state index contributed by atoms with van der Waals surface area (Å²) in [5.41, 5.74) is 0. The van der Waals surface area contributed by atoms with Gasteiger partial charge in [0.15, 0.2) is 6.29 Å². The van der Waals surface area contributed by atoms with Crippen molar-refractivity contribution in [3.05, 3.63) is 0 Å². The fraction of sp³-hybridized carbons (Fsp3) is 1.00. The Morgan fingerprint density at radius 3 is 2.20 bits per heavy atom. The third-order valence-electron chi connectivity index (χ3n) is 3.63. The van der Waals surface area contributed by atoms with Gasteiger partial charge in [-0.25, -0.2) is 0 Å². The van der Waals surface area contributed by atoms with E-state index in [9.17, 15) is 15.3 Å². The lowest BCUT2D eigenvalue weighted by Gasteiger charge is -2.39. The molecule has 0 amide bonds. The maximum Gasteiger partial charge on any atom is 0.186 e. The zero-order valence-electron chi connectivity index (χ0n) is 12.1. The van der Waals surface area contributed by atoms with Crippen LogP contribution >= 0.6 is 0 Å². The maximum atomic E-state index is 9.75. The van der Waals surface area contributed by atoms with Crippen molar-refractivity contribution < 1.29 is 29.9 Å². The molecule has 0 spiro atoms. The highest BCUT2D eigenvalue weighted by Gasteiger charge is 2.43. The van der Waals surface area contributed by atoms with Gasteiger partial charge in [0.1, 0.15) is 24.4 Å². The predicted molar refractivity (Wildman–Crippen MR) is 73.1 cm³/mol. The largest absolute Gasteiger partial charge is 0.394 e. The van der Waals surface area contributed by atoms with Gasteiger partial charge in [-0.05, 0) is 6.42 Å². The number of ether oxygens (including phenoxy) is 2. The monoisotopic (exact) mass is 292 g/mol. The fourth-order valence-corrected chi connectivity index (χ4v) is 2.29. The molecule has 1 fully saturated rings. The number of aliphatic hydroxyl groups excluding tert-OH is 4. The zero-order valence-corrected chi connectivity index (χ0v) is 12.1. The quantitative estimate of drug-likeness (QED) is 0.452. The number of rotatable bonds is 9. The lowest BCUT2D eigenvalue weighted by atomic mass is 9.99. The van der Waals surface area contributed by atoms with Gasteiger partial charge in [0.05, 0.1) is 6.61 Å². The summed E-state index contributed by atoms with van der Waals surface area (Å²) in [6.07, 6.45) is 0.851. The Hall–Kier alpha value is -0.240. The molecular weight excluding hydrogens is 264 g/mol. The van der Waals surface area contributed by atoms with Crippen molar-refractivity contribution in [2.24, 2.45) is 0 Å². The molecule has 1 aliphatic heterocycles. The van der Waals surface area contributed by atoms with E-state index in [4.69, 9.17) is 14.6 Å². The molecule has 0 aromatic rings. The molecule has 1 unspecified atom stereocenters. The third kappa shape index (κ3) is 5.27. The molecule has 20 heavy (non-hydrogen) atoms. The smallest absolute Gasteiger partial charge is 0.186 e. The molecule has 6 heteroatoms. The van der Waals surface area contributed by atoms with Gasteiger partial charge in [0.25, 0.3) is 0 Å². The molecule has 1 heterocycles. The van der Waals surface area contributed by atoms with Crippen LogP contribution in [0.3, 0.4) is 0 Å². The summed E-state index contributed by atoms with van der Waals surface area (Å²) in [7, 11) is 0. The van der Waals surface area contributed by atoms with Crippen LogP contribution in [0.2, 0.25) is 0 Å². The van der Waals surface area contributed by atoms with Crippen LogP contribution in [0.15, 0.2) is 0 Å². The van der Waals surface area contributed by atoms with Crippen molar-refractivity contribution in [1.82, 2.24) is 0 Å². The molecule has 0 aromatic carbocycles. The van der Waals surface area contributed by atoms with E-state index in [0.717, 1.165) is 19.3 Å². The Balaban J connectivity index is 2.21. The number of hydrogen-bond acceptors (Lipinski definition) is 6. The van der Waals surface area contributed by atoms with E-state index in [1.807, 2.05) is 0 Å². The van der Waals surface area contributed by atoms with Gasteiger partial charge >= 0.3 is 0 Å². The van der Waals surface area contributed by atoms with Crippen LogP contribution in [-0.2, 0) is 9.47 Å². The van der Waals surface area contributed by atoms with Crippen molar-refractivity contribution in [1.29, 1.82) is 0 Å². The highest BCUT2D eigenvalue weighted by atomic mass is 16.7. The van der Waals surface area contributed by atoms with E-state index >= 15 is 0 Å². The van der Waals surface area contributed by atoms with Gasteiger partial charge < -0.3 is 29.9 Å². The minimum atomic E-state index is -1.37. The molecular formula is C14H28O6. The van der Waals surface area contributed by atoms with Gasteiger partial charge in [0, 0.05) is 6.61 Å². The molecule has 6 nitrogen and oxygen atoms in total. The third-order valence-corrected chi connectivity index (χ3v) is 3.63. The highest BCUT2D eigenvalue weighted by molar-refractivity contribution is 4.88. The Morgan fingerprint density at radius 1 is 0.900 bits per heavy atom. The van der Waals surface area contributed by atoms with Gasteiger partial charge in [-0.1, -0.05) is 39.0 Å². The van der Waals surface area contributed by atoms with Crippen molar-refractivity contribution in [2.75, 3.05) is 13.2 Å². The molecule has 0 radical (unpaired) electrons. The molecule has 4 N–H and O–H groups in total. The Labute approximate surface area is 120 Å². The maximum absolute atomic E-state index is 9.75. The van der Waals surface area contributed by atoms with Crippen molar-refractivity contribution in [3.63, 3.8) is 0 Å². The van der Waals surface area contributed by atoms with E-state index in [1.165, 1.54) is 19.3 Å². The van der Waals surface area contributed by atoms with Gasteiger partial charge in [-0.3, -0.25) is 0 Å². The lowest BCUT2D eigenvalue weighted by molar-refractivity contribution is -0.301. The summed E-state index contributed by atoms with van der Waals surface area (Å²) < 4.78 is 10.6. The topological polar surface area (TPSA) is 99.4 Å². The second kappa shape index (κ2) is 9.65. The summed E-state index contributed by atoms with van der Waals surface area (Å²) in [6.45, 7) is 2.17. The Kier molecular flexibility index (Phi) is 8.60. The molecule has 0 bridgehead atoms. The molecule has 5 atom stereocenters. The minimum Gasteiger partial charge on any atom is -0.394 e. The summed E-state index contributed by atoms with van der Waals surface area (Å²) in [5.74, 6) is 0. The Morgan fingerprint density at radius 2 is 1.55 bits per heavy atom. The van der Waals surface area contributed by atoms with Gasteiger partial charge in [-0.2, -0.15) is 0 Å². The second-order valence-electron chi connectivity index (χ2n) is 5.34. The minimum absolute atomic E-state index is 0.425. The van der Waals surface area contributed by atoms with Crippen molar-refractivity contribution >= 4 is 0 Å².